The molecule has 1 unspecified atom stereocenters. The Morgan fingerprint density at radius 3 is 2.74 bits per heavy atom. The zero-order valence-corrected chi connectivity index (χ0v) is 22.5. The van der Waals surface area contributed by atoms with Crippen molar-refractivity contribution in [1.82, 2.24) is 4.98 Å². The molecule has 1 amide bonds. The van der Waals surface area contributed by atoms with Crippen molar-refractivity contribution >= 4 is 44.2 Å². The van der Waals surface area contributed by atoms with Crippen molar-refractivity contribution in [2.45, 2.75) is 50.0 Å². The van der Waals surface area contributed by atoms with Crippen LogP contribution in [0, 0.1) is 6.92 Å². The van der Waals surface area contributed by atoms with E-state index < -0.39 is 28.2 Å². The molecule has 0 bridgehead atoms. The predicted molar refractivity (Wildman–Crippen MR) is 142 cm³/mol. The Hall–Kier alpha value is -3.64. The zero-order chi connectivity index (χ0) is 27.0. The lowest BCUT2D eigenvalue weighted by Crippen LogP contribution is -2.36. The molecule has 2 N–H and O–H groups in total. The van der Waals surface area contributed by atoms with Crippen LogP contribution in [-0.4, -0.2) is 44.2 Å². The van der Waals surface area contributed by atoms with E-state index in [-0.39, 0.29) is 22.8 Å². The topological polar surface area (TPSA) is 135 Å². The molecule has 0 fully saturated rings. The van der Waals surface area contributed by atoms with Crippen LogP contribution in [0.3, 0.4) is 0 Å². The Kier molecular flexibility index (Phi) is 7.01. The Morgan fingerprint density at radius 1 is 1.16 bits per heavy atom. The van der Waals surface area contributed by atoms with Crippen LogP contribution in [0.4, 0.5) is 15.6 Å². The zero-order valence-electron chi connectivity index (χ0n) is 20.9. The van der Waals surface area contributed by atoms with Gasteiger partial charge >= 0.3 is 6.16 Å². The quantitative estimate of drug-likeness (QED) is 0.408. The highest BCUT2D eigenvalue weighted by Gasteiger charge is 2.33. The van der Waals surface area contributed by atoms with Crippen molar-refractivity contribution in [3.8, 4) is 5.75 Å². The molecule has 12 heteroatoms. The van der Waals surface area contributed by atoms with Crippen LogP contribution in [0.1, 0.15) is 57.4 Å². The van der Waals surface area contributed by atoms with Crippen LogP contribution in [0.2, 0.25) is 0 Å². The number of nitrogens with one attached hydrogen (secondary N) is 1. The smallest absolute Gasteiger partial charge is 0.495 e. The fourth-order valence-corrected chi connectivity index (χ4v) is 7.70. The number of rotatable bonds is 6. The molecule has 1 aliphatic carbocycles. The van der Waals surface area contributed by atoms with Gasteiger partial charge in [-0.2, -0.15) is 0 Å². The van der Waals surface area contributed by atoms with Crippen molar-refractivity contribution in [3.63, 3.8) is 0 Å². The lowest BCUT2D eigenvalue weighted by atomic mass is 10.0. The van der Waals surface area contributed by atoms with E-state index in [4.69, 9.17) is 14.6 Å². The standard InChI is InChI=1S/C26H27N3O7S2/c1-15-8-11-19(35-2)22(13-15)38(33,34)29-12-4-5-16-9-10-17(14-18(16)29)24(30)28-25-27-23-20(36-26(31)32)6-3-7-21(23)37-25/h8-11,13-14,20H,3-7,12H2,1-2H3,(H,31,32)(H,27,28,30). The summed E-state index contributed by atoms with van der Waals surface area (Å²) in [5.41, 5.74) is 2.90. The van der Waals surface area contributed by atoms with Crippen LogP contribution < -0.4 is 14.4 Å². The van der Waals surface area contributed by atoms with E-state index in [2.05, 4.69) is 10.3 Å². The molecule has 2 aliphatic rings. The van der Waals surface area contributed by atoms with E-state index in [1.807, 2.05) is 6.92 Å². The maximum Gasteiger partial charge on any atom is 0.506 e. The van der Waals surface area contributed by atoms with E-state index in [1.54, 1.807) is 36.4 Å². The van der Waals surface area contributed by atoms with Crippen LogP contribution in [-0.2, 0) is 27.6 Å². The van der Waals surface area contributed by atoms with Gasteiger partial charge in [-0.25, -0.2) is 18.2 Å². The predicted octanol–water partition coefficient (Wildman–Crippen LogP) is 4.93. The van der Waals surface area contributed by atoms with Crippen molar-refractivity contribution in [2.75, 3.05) is 23.3 Å². The van der Waals surface area contributed by atoms with Gasteiger partial charge in [0.15, 0.2) is 5.13 Å². The second kappa shape index (κ2) is 10.3. The average molecular weight is 558 g/mol. The monoisotopic (exact) mass is 557 g/mol. The second-order valence-corrected chi connectivity index (χ2v) is 12.1. The molecule has 5 rings (SSSR count). The molecule has 10 nitrogen and oxygen atoms in total. The third kappa shape index (κ3) is 4.93. The first-order chi connectivity index (χ1) is 18.2. The van der Waals surface area contributed by atoms with Gasteiger partial charge in [-0.1, -0.05) is 12.1 Å². The highest BCUT2D eigenvalue weighted by Crippen LogP contribution is 2.38. The summed E-state index contributed by atoms with van der Waals surface area (Å²) in [4.78, 5) is 29.6. The number of hydrogen-bond acceptors (Lipinski definition) is 8. The number of benzene rings is 2. The number of aryl methyl sites for hydroxylation is 3. The molecule has 0 radical (unpaired) electrons. The highest BCUT2D eigenvalue weighted by atomic mass is 32.2. The summed E-state index contributed by atoms with van der Waals surface area (Å²) in [5, 5.41) is 12.1. The molecular weight excluding hydrogens is 530 g/mol. The minimum atomic E-state index is -3.96. The number of methoxy groups -OCH3 is 1. The number of anilines is 2. The molecule has 38 heavy (non-hydrogen) atoms. The number of thiazole rings is 1. The molecule has 2 aromatic carbocycles. The Labute approximate surface area is 224 Å². The average Bonchev–Trinajstić information content (AvgIpc) is 3.31. The summed E-state index contributed by atoms with van der Waals surface area (Å²) in [6, 6.07) is 10.1. The van der Waals surface area contributed by atoms with Crippen molar-refractivity contribution < 1.29 is 32.6 Å². The normalized spacial score (nSPS) is 16.8. The Morgan fingerprint density at radius 2 is 1.97 bits per heavy atom. The first kappa shape index (κ1) is 26.0. The number of sulfonamides is 1. The van der Waals surface area contributed by atoms with Gasteiger partial charge in [-0.05, 0) is 74.4 Å². The summed E-state index contributed by atoms with van der Waals surface area (Å²) in [7, 11) is -2.52. The number of hydrogen-bond donors (Lipinski definition) is 2. The lowest BCUT2D eigenvalue weighted by Gasteiger charge is -2.31. The van der Waals surface area contributed by atoms with E-state index >= 15 is 0 Å². The van der Waals surface area contributed by atoms with Crippen LogP contribution in [0.25, 0.3) is 0 Å². The summed E-state index contributed by atoms with van der Waals surface area (Å²) in [6.07, 6.45) is 1.36. The van der Waals surface area contributed by atoms with Gasteiger partial charge < -0.3 is 14.6 Å². The second-order valence-electron chi connectivity index (χ2n) is 9.22. The number of nitrogens with zero attached hydrogens (tertiary/aromatic N) is 2. The Bertz CT molecular complexity index is 1520. The van der Waals surface area contributed by atoms with Gasteiger partial charge in [0, 0.05) is 17.0 Å². The van der Waals surface area contributed by atoms with Gasteiger partial charge in [-0.15, -0.1) is 11.3 Å². The van der Waals surface area contributed by atoms with Crippen molar-refractivity contribution in [1.29, 1.82) is 0 Å². The summed E-state index contributed by atoms with van der Waals surface area (Å²) < 4.78 is 39.2. The Balaban J connectivity index is 1.43. The molecule has 2 heterocycles. The lowest BCUT2D eigenvalue weighted by molar-refractivity contribution is 0.0424. The molecule has 0 saturated heterocycles. The molecule has 3 aromatic rings. The molecule has 200 valence electrons. The summed E-state index contributed by atoms with van der Waals surface area (Å²) >= 11 is 1.29. The summed E-state index contributed by atoms with van der Waals surface area (Å²) in [5.74, 6) is -0.180. The molecule has 0 saturated carbocycles. The first-order valence-electron chi connectivity index (χ1n) is 12.2. The maximum atomic E-state index is 13.8. The van der Waals surface area contributed by atoms with Crippen LogP contribution in [0.5, 0.6) is 5.75 Å². The summed E-state index contributed by atoms with van der Waals surface area (Å²) in [6.45, 7) is 2.10. The third-order valence-electron chi connectivity index (χ3n) is 6.68. The number of aromatic nitrogens is 1. The molecule has 1 atom stereocenters. The molecule has 1 aliphatic heterocycles. The van der Waals surface area contributed by atoms with Gasteiger partial charge in [0.1, 0.15) is 16.7 Å². The maximum absolute atomic E-state index is 13.8. The fraction of sp³-hybridized carbons (Fsp3) is 0.346. The van der Waals surface area contributed by atoms with Crippen molar-refractivity contribution in [2.24, 2.45) is 0 Å². The van der Waals surface area contributed by atoms with Crippen molar-refractivity contribution in [3.05, 3.63) is 63.7 Å². The molecule has 0 spiro atoms. The van der Waals surface area contributed by atoms with E-state index in [1.165, 1.54) is 22.8 Å². The number of carbonyl (C=O) groups is 2. The van der Waals surface area contributed by atoms with E-state index in [0.29, 0.717) is 35.8 Å². The minimum Gasteiger partial charge on any atom is -0.495 e. The molecular formula is C26H27N3O7S2. The van der Waals surface area contributed by atoms with Crippen LogP contribution in [0.15, 0.2) is 41.3 Å². The number of carboxylic acid groups (broad SMARTS) is 1. The van der Waals surface area contributed by atoms with Crippen LogP contribution >= 0.6 is 11.3 Å². The SMILES string of the molecule is COc1ccc(C)cc1S(=O)(=O)N1CCCc2ccc(C(=O)Nc3nc4c(s3)CCCC4OC(=O)O)cc21. The van der Waals surface area contributed by atoms with E-state index in [9.17, 15) is 18.0 Å². The molecule has 1 aromatic heterocycles. The number of fused-ring (bicyclic) bond motifs is 2. The first-order valence-corrected chi connectivity index (χ1v) is 14.4. The highest BCUT2D eigenvalue weighted by molar-refractivity contribution is 7.93. The number of ether oxygens (including phenoxy) is 2. The van der Waals surface area contributed by atoms with Gasteiger partial charge in [0.05, 0.1) is 18.5 Å². The van der Waals surface area contributed by atoms with Gasteiger partial charge in [-0.3, -0.25) is 14.4 Å². The minimum absolute atomic E-state index is 0.0780. The van der Waals surface area contributed by atoms with Gasteiger partial charge in [0.2, 0.25) is 0 Å². The number of amides is 1. The van der Waals surface area contributed by atoms with E-state index in [0.717, 1.165) is 28.8 Å². The largest absolute Gasteiger partial charge is 0.506 e. The fourth-order valence-electron chi connectivity index (χ4n) is 4.87. The van der Waals surface area contributed by atoms with Gasteiger partial charge in [0.25, 0.3) is 15.9 Å². The number of carbonyl (C=O) groups excluding carboxylic acids is 1. The third-order valence-corrected chi connectivity index (χ3v) is 9.56.